The number of aromatic nitrogens is 2. The number of hydrogen-bond donors (Lipinski definition) is 2. The highest BCUT2D eigenvalue weighted by Crippen LogP contribution is 2.17. The van der Waals surface area contributed by atoms with E-state index in [-0.39, 0.29) is 36.8 Å². The minimum Gasteiger partial charge on any atom is -0.352 e. The summed E-state index contributed by atoms with van der Waals surface area (Å²) in [7, 11) is 0. The summed E-state index contributed by atoms with van der Waals surface area (Å²) >= 11 is 0. The van der Waals surface area contributed by atoms with Crippen molar-refractivity contribution in [1.29, 1.82) is 0 Å². The molecule has 1 heterocycles. The highest BCUT2D eigenvalue weighted by molar-refractivity contribution is 5.93. The van der Waals surface area contributed by atoms with Gasteiger partial charge in [0.15, 0.2) is 0 Å². The van der Waals surface area contributed by atoms with Gasteiger partial charge in [-0.05, 0) is 24.8 Å². The fourth-order valence-electron chi connectivity index (χ4n) is 3.79. The fourth-order valence-corrected chi connectivity index (χ4v) is 3.79. The Morgan fingerprint density at radius 1 is 1.13 bits per heavy atom. The second-order valence-corrected chi connectivity index (χ2v) is 7.65. The van der Waals surface area contributed by atoms with Gasteiger partial charge in [0.2, 0.25) is 5.91 Å². The summed E-state index contributed by atoms with van der Waals surface area (Å²) in [5.74, 6) is -0.160. The van der Waals surface area contributed by atoms with Crippen LogP contribution < -0.4 is 11.1 Å². The first-order chi connectivity index (χ1) is 14.2. The molecule has 3 rings (SSSR count). The Hall–Kier alpha value is -2.38. The summed E-state index contributed by atoms with van der Waals surface area (Å²) in [6.07, 6.45) is 9.63. The number of carbonyl (C=O) groups is 2. The largest absolute Gasteiger partial charge is 0.352 e. The molecule has 0 saturated heterocycles. The van der Waals surface area contributed by atoms with E-state index in [2.05, 4.69) is 10.4 Å². The minimum atomic E-state index is -0.106. The van der Waals surface area contributed by atoms with Crippen molar-refractivity contribution in [2.75, 3.05) is 19.6 Å². The van der Waals surface area contributed by atoms with Crippen molar-refractivity contribution < 1.29 is 9.59 Å². The molecule has 3 N–H and O–H groups in total. The second kappa shape index (κ2) is 12.3. The summed E-state index contributed by atoms with van der Waals surface area (Å²) in [5, 5.41) is 7.28. The van der Waals surface area contributed by atoms with Crippen molar-refractivity contribution >= 4 is 24.2 Å². The Labute approximate surface area is 184 Å². The third-order valence-corrected chi connectivity index (χ3v) is 5.36. The van der Waals surface area contributed by atoms with Crippen LogP contribution in [0.25, 0.3) is 0 Å². The lowest BCUT2D eigenvalue weighted by molar-refractivity contribution is -0.122. The molecule has 1 saturated carbocycles. The van der Waals surface area contributed by atoms with Crippen LogP contribution in [0.15, 0.2) is 42.7 Å². The molecule has 0 unspecified atom stereocenters. The number of hydrogen-bond acceptors (Lipinski definition) is 4. The molecule has 8 heteroatoms. The van der Waals surface area contributed by atoms with Crippen molar-refractivity contribution in [2.24, 2.45) is 5.73 Å². The lowest BCUT2D eigenvalue weighted by Crippen LogP contribution is -2.38. The fraction of sp³-hybridized carbons (Fsp3) is 0.500. The van der Waals surface area contributed by atoms with Crippen LogP contribution in [-0.2, 0) is 17.8 Å². The molecule has 164 valence electrons. The third kappa shape index (κ3) is 7.15. The van der Waals surface area contributed by atoms with Gasteiger partial charge in [0.1, 0.15) is 6.54 Å². The Balaban J connectivity index is 0.00000320. The van der Waals surface area contributed by atoms with Crippen molar-refractivity contribution in [2.45, 2.75) is 51.1 Å². The number of nitrogens with two attached hydrogens (primary N) is 1. The first kappa shape index (κ1) is 23.9. The van der Waals surface area contributed by atoms with Gasteiger partial charge in [-0.3, -0.25) is 14.3 Å². The summed E-state index contributed by atoms with van der Waals surface area (Å²) < 4.78 is 1.53. The molecule has 2 amide bonds. The number of amides is 2. The van der Waals surface area contributed by atoms with Crippen LogP contribution in [0.5, 0.6) is 0 Å². The van der Waals surface area contributed by atoms with E-state index in [0.29, 0.717) is 25.2 Å². The maximum atomic E-state index is 12.9. The predicted octanol–water partition coefficient (Wildman–Crippen LogP) is 2.40. The molecule has 0 atom stereocenters. The molecule has 30 heavy (non-hydrogen) atoms. The first-order valence-corrected chi connectivity index (χ1v) is 10.5. The van der Waals surface area contributed by atoms with Gasteiger partial charge in [-0.15, -0.1) is 12.4 Å². The molecule has 1 aromatic carbocycles. The van der Waals surface area contributed by atoms with Crippen LogP contribution in [0.4, 0.5) is 0 Å². The number of nitrogens with one attached hydrogen (secondary N) is 1. The van der Waals surface area contributed by atoms with Gasteiger partial charge in [-0.1, -0.05) is 49.6 Å². The van der Waals surface area contributed by atoms with Crippen LogP contribution >= 0.6 is 12.4 Å². The zero-order chi connectivity index (χ0) is 20.5. The lowest BCUT2D eigenvalue weighted by Gasteiger charge is -2.22. The lowest BCUT2D eigenvalue weighted by atomic mass is 9.95. The van der Waals surface area contributed by atoms with E-state index < -0.39 is 0 Å². The van der Waals surface area contributed by atoms with Gasteiger partial charge in [0, 0.05) is 31.9 Å². The molecule has 0 radical (unpaired) electrons. The normalized spacial score (nSPS) is 14.0. The molecule has 0 aliphatic heterocycles. The molecule has 7 nitrogen and oxygen atoms in total. The number of halogens is 1. The average molecular weight is 434 g/mol. The van der Waals surface area contributed by atoms with E-state index >= 15 is 0 Å². The maximum Gasteiger partial charge on any atom is 0.257 e. The monoisotopic (exact) mass is 433 g/mol. The molecule has 1 fully saturated rings. The molecule has 1 aliphatic rings. The molecule has 1 aliphatic carbocycles. The van der Waals surface area contributed by atoms with E-state index in [9.17, 15) is 9.59 Å². The molecule has 1 aromatic heterocycles. The van der Waals surface area contributed by atoms with Crippen molar-refractivity contribution in [1.82, 2.24) is 20.0 Å². The number of carbonyl (C=O) groups excluding carboxylic acids is 2. The van der Waals surface area contributed by atoms with Gasteiger partial charge in [-0.25, -0.2) is 0 Å². The summed E-state index contributed by atoms with van der Waals surface area (Å²) in [5.41, 5.74) is 7.37. The van der Waals surface area contributed by atoms with Crippen LogP contribution in [0.1, 0.15) is 48.0 Å². The van der Waals surface area contributed by atoms with Gasteiger partial charge in [0.05, 0.1) is 11.8 Å². The van der Waals surface area contributed by atoms with Crippen molar-refractivity contribution in [3.8, 4) is 0 Å². The van der Waals surface area contributed by atoms with Crippen LogP contribution in [0.3, 0.4) is 0 Å². The van der Waals surface area contributed by atoms with Gasteiger partial charge in [-0.2, -0.15) is 5.10 Å². The zero-order valence-corrected chi connectivity index (χ0v) is 18.2. The highest BCUT2D eigenvalue weighted by Gasteiger charge is 2.19. The second-order valence-electron chi connectivity index (χ2n) is 7.65. The Morgan fingerprint density at radius 2 is 1.87 bits per heavy atom. The molecular weight excluding hydrogens is 402 g/mol. The van der Waals surface area contributed by atoms with E-state index in [1.54, 1.807) is 11.1 Å². The highest BCUT2D eigenvalue weighted by atomic mass is 35.5. The molecule has 0 spiro atoms. The van der Waals surface area contributed by atoms with Gasteiger partial charge in [0.25, 0.3) is 5.91 Å². The van der Waals surface area contributed by atoms with Gasteiger partial charge < -0.3 is 16.0 Å². The van der Waals surface area contributed by atoms with Crippen LogP contribution in [0.2, 0.25) is 0 Å². The van der Waals surface area contributed by atoms with Gasteiger partial charge >= 0.3 is 0 Å². The molecule has 0 bridgehead atoms. The number of nitrogens with zero attached hydrogens (tertiary/aromatic N) is 3. The minimum absolute atomic E-state index is 0. The van der Waals surface area contributed by atoms with E-state index in [1.807, 2.05) is 30.3 Å². The van der Waals surface area contributed by atoms with E-state index in [1.165, 1.54) is 35.7 Å². The Morgan fingerprint density at radius 3 is 2.57 bits per heavy atom. The summed E-state index contributed by atoms with van der Waals surface area (Å²) in [4.78, 5) is 26.9. The van der Waals surface area contributed by atoms with E-state index in [4.69, 9.17) is 5.73 Å². The number of benzene rings is 1. The quantitative estimate of drug-likeness (QED) is 0.635. The average Bonchev–Trinajstić information content (AvgIpc) is 3.20. The van der Waals surface area contributed by atoms with E-state index in [0.717, 1.165) is 19.3 Å². The number of rotatable bonds is 9. The maximum absolute atomic E-state index is 12.9. The van der Waals surface area contributed by atoms with Crippen molar-refractivity contribution in [3.05, 3.63) is 53.9 Å². The standard InChI is InChI=1S/C22H31N5O2.ClH/c23-12-14-26(13-11-18-7-3-1-4-8-18)22(29)19-15-24-27(16-19)17-21(28)25-20-9-5-2-6-10-20;/h1,3-4,7-8,15-16,20H,2,5-6,9-14,17,23H2,(H,25,28);1H. The Kier molecular flexibility index (Phi) is 9.83. The topological polar surface area (TPSA) is 93.2 Å². The zero-order valence-electron chi connectivity index (χ0n) is 17.3. The summed E-state index contributed by atoms with van der Waals surface area (Å²) in [6.45, 7) is 1.61. The summed E-state index contributed by atoms with van der Waals surface area (Å²) in [6, 6.07) is 10.3. The van der Waals surface area contributed by atoms with Crippen LogP contribution in [-0.4, -0.2) is 52.2 Å². The SMILES string of the molecule is Cl.NCCN(CCc1ccccc1)C(=O)c1cnn(CC(=O)NC2CCCCC2)c1. The molecular formula is C22H32ClN5O2. The first-order valence-electron chi connectivity index (χ1n) is 10.5. The molecule has 2 aromatic rings. The Bertz CT molecular complexity index is 790. The third-order valence-electron chi connectivity index (χ3n) is 5.36. The van der Waals surface area contributed by atoms with Crippen LogP contribution in [0, 0.1) is 0 Å². The van der Waals surface area contributed by atoms with Crippen molar-refractivity contribution in [3.63, 3.8) is 0 Å². The predicted molar refractivity (Wildman–Crippen MR) is 120 cm³/mol. The smallest absolute Gasteiger partial charge is 0.257 e.